The molecular weight excluding hydrogens is 198 g/mol. The van der Waals surface area contributed by atoms with Crippen molar-refractivity contribution in [1.29, 1.82) is 0 Å². The molecule has 1 atom stereocenters. The number of carbonyl (C=O) groups is 1. The number of nitrogens with one attached hydrogen (secondary N) is 1. The second-order valence-electron chi connectivity index (χ2n) is 4.75. The van der Waals surface area contributed by atoms with Crippen molar-refractivity contribution in [3.63, 3.8) is 0 Å². The van der Waals surface area contributed by atoms with Gasteiger partial charge < -0.3 is 5.11 Å². The summed E-state index contributed by atoms with van der Waals surface area (Å²) in [5.41, 5.74) is 0. The second-order valence-corrected chi connectivity index (χ2v) is 6.16. The topological polar surface area (TPSA) is 49.3 Å². The molecule has 1 saturated heterocycles. The Bertz CT molecular complexity index is 249. The van der Waals surface area contributed by atoms with Gasteiger partial charge in [0.1, 0.15) is 6.04 Å². The normalized spacial score (nSPS) is 41.6. The third-order valence-corrected chi connectivity index (χ3v) is 4.89. The van der Waals surface area contributed by atoms with E-state index in [1.807, 2.05) is 0 Å². The molecule has 1 spiro atoms. The zero-order valence-electron chi connectivity index (χ0n) is 8.62. The Kier molecular flexibility index (Phi) is 2.52. The Balaban J connectivity index is 1.88. The highest BCUT2D eigenvalue weighted by atomic mass is 32.2. The molecule has 1 heterocycles. The smallest absolute Gasteiger partial charge is 0.321 e. The standard InChI is InChI=1S/C10H17NO2S/c1-6(2)7-3-10(4-7)11-8(5-14-10)9(12)13/h6-8,11H,3-5H2,1-2H3,(H,12,13). The Morgan fingerprint density at radius 1 is 1.57 bits per heavy atom. The maximum atomic E-state index is 10.8. The third kappa shape index (κ3) is 1.65. The van der Waals surface area contributed by atoms with E-state index in [-0.39, 0.29) is 10.9 Å². The Morgan fingerprint density at radius 2 is 2.21 bits per heavy atom. The molecule has 1 unspecified atom stereocenters. The van der Waals surface area contributed by atoms with Crippen molar-refractivity contribution in [2.24, 2.45) is 11.8 Å². The van der Waals surface area contributed by atoms with E-state index in [2.05, 4.69) is 19.2 Å². The summed E-state index contributed by atoms with van der Waals surface area (Å²) < 4.78 is 0. The van der Waals surface area contributed by atoms with Gasteiger partial charge in [0.2, 0.25) is 0 Å². The molecule has 0 amide bonds. The zero-order valence-corrected chi connectivity index (χ0v) is 9.43. The summed E-state index contributed by atoms with van der Waals surface area (Å²) >= 11 is 1.80. The van der Waals surface area contributed by atoms with Crippen LogP contribution in [-0.2, 0) is 4.79 Å². The summed E-state index contributed by atoms with van der Waals surface area (Å²) in [5.74, 6) is 1.52. The minimum Gasteiger partial charge on any atom is -0.480 e. The predicted molar refractivity (Wildman–Crippen MR) is 57.3 cm³/mol. The lowest BCUT2D eigenvalue weighted by atomic mass is 9.73. The molecule has 2 rings (SSSR count). The maximum Gasteiger partial charge on any atom is 0.321 e. The van der Waals surface area contributed by atoms with Crippen molar-refractivity contribution < 1.29 is 9.90 Å². The van der Waals surface area contributed by atoms with Crippen LogP contribution in [0.25, 0.3) is 0 Å². The van der Waals surface area contributed by atoms with Crippen LogP contribution in [0.2, 0.25) is 0 Å². The number of thioether (sulfide) groups is 1. The van der Waals surface area contributed by atoms with Gasteiger partial charge in [-0.3, -0.25) is 10.1 Å². The molecule has 0 bridgehead atoms. The molecule has 0 aromatic heterocycles. The first-order chi connectivity index (χ1) is 6.52. The molecule has 1 aliphatic heterocycles. The fraction of sp³-hybridized carbons (Fsp3) is 0.900. The van der Waals surface area contributed by atoms with E-state index in [0.717, 1.165) is 30.4 Å². The molecule has 3 nitrogen and oxygen atoms in total. The van der Waals surface area contributed by atoms with Gasteiger partial charge in [0.25, 0.3) is 0 Å². The van der Waals surface area contributed by atoms with Gasteiger partial charge in [-0.25, -0.2) is 0 Å². The van der Waals surface area contributed by atoms with Crippen molar-refractivity contribution >= 4 is 17.7 Å². The van der Waals surface area contributed by atoms with E-state index < -0.39 is 5.97 Å². The van der Waals surface area contributed by atoms with Gasteiger partial charge in [0.15, 0.2) is 0 Å². The molecule has 1 aliphatic carbocycles. The molecular formula is C10H17NO2S. The summed E-state index contributed by atoms with van der Waals surface area (Å²) in [7, 11) is 0. The zero-order chi connectivity index (χ0) is 10.3. The Labute approximate surface area is 88.6 Å². The second kappa shape index (κ2) is 3.42. The van der Waals surface area contributed by atoms with E-state index in [9.17, 15) is 4.79 Å². The molecule has 0 aromatic carbocycles. The van der Waals surface area contributed by atoms with E-state index in [0.29, 0.717) is 0 Å². The lowest BCUT2D eigenvalue weighted by molar-refractivity contribution is -0.139. The fourth-order valence-electron chi connectivity index (χ4n) is 2.27. The Morgan fingerprint density at radius 3 is 2.64 bits per heavy atom. The summed E-state index contributed by atoms with van der Waals surface area (Å²) in [4.78, 5) is 10.9. The summed E-state index contributed by atoms with van der Waals surface area (Å²) in [5, 5.41) is 12.1. The van der Waals surface area contributed by atoms with E-state index >= 15 is 0 Å². The first-order valence-electron chi connectivity index (χ1n) is 5.17. The third-order valence-electron chi connectivity index (χ3n) is 3.39. The number of rotatable bonds is 2. The number of carboxylic acids is 1. The first kappa shape index (κ1) is 10.3. The van der Waals surface area contributed by atoms with Gasteiger partial charge in [-0.1, -0.05) is 13.8 Å². The highest BCUT2D eigenvalue weighted by molar-refractivity contribution is 8.01. The van der Waals surface area contributed by atoms with Gasteiger partial charge in [-0.15, -0.1) is 11.8 Å². The summed E-state index contributed by atoms with van der Waals surface area (Å²) in [6.07, 6.45) is 2.28. The van der Waals surface area contributed by atoms with Crippen LogP contribution < -0.4 is 5.32 Å². The van der Waals surface area contributed by atoms with Gasteiger partial charge in [-0.2, -0.15) is 0 Å². The van der Waals surface area contributed by atoms with Crippen LogP contribution in [0.3, 0.4) is 0 Å². The van der Waals surface area contributed by atoms with Gasteiger partial charge in [0.05, 0.1) is 4.87 Å². The molecule has 2 N–H and O–H groups in total. The number of carboxylic acid groups (broad SMARTS) is 1. The van der Waals surface area contributed by atoms with E-state index in [4.69, 9.17) is 5.11 Å². The van der Waals surface area contributed by atoms with Gasteiger partial charge in [0, 0.05) is 5.75 Å². The largest absolute Gasteiger partial charge is 0.480 e. The average molecular weight is 215 g/mol. The highest BCUT2D eigenvalue weighted by Gasteiger charge is 2.51. The number of aliphatic carboxylic acids is 1. The van der Waals surface area contributed by atoms with Crippen LogP contribution in [0.1, 0.15) is 26.7 Å². The van der Waals surface area contributed by atoms with Crippen molar-refractivity contribution in [1.82, 2.24) is 5.32 Å². The van der Waals surface area contributed by atoms with Gasteiger partial charge >= 0.3 is 5.97 Å². The Hall–Kier alpha value is -0.220. The van der Waals surface area contributed by atoms with Crippen LogP contribution in [-0.4, -0.2) is 27.7 Å². The van der Waals surface area contributed by atoms with Crippen LogP contribution in [0.4, 0.5) is 0 Å². The molecule has 0 radical (unpaired) electrons. The van der Waals surface area contributed by atoms with Crippen LogP contribution in [0.15, 0.2) is 0 Å². The van der Waals surface area contributed by atoms with Crippen LogP contribution >= 0.6 is 11.8 Å². The lowest BCUT2D eigenvalue weighted by Gasteiger charge is -2.46. The minimum atomic E-state index is -0.706. The molecule has 80 valence electrons. The quantitative estimate of drug-likeness (QED) is 0.733. The molecule has 2 aliphatic rings. The first-order valence-corrected chi connectivity index (χ1v) is 6.15. The summed E-state index contributed by atoms with van der Waals surface area (Å²) in [6, 6.07) is -0.326. The maximum absolute atomic E-state index is 10.8. The lowest BCUT2D eigenvalue weighted by Crippen LogP contribution is -2.54. The molecule has 1 saturated carbocycles. The van der Waals surface area contributed by atoms with Crippen molar-refractivity contribution in [2.75, 3.05) is 5.75 Å². The highest BCUT2D eigenvalue weighted by Crippen LogP contribution is 2.51. The van der Waals surface area contributed by atoms with Gasteiger partial charge in [-0.05, 0) is 24.7 Å². The van der Waals surface area contributed by atoms with Crippen molar-refractivity contribution in [3.05, 3.63) is 0 Å². The SMILES string of the molecule is CC(C)C1CC2(C1)NC(C(=O)O)CS2. The van der Waals surface area contributed by atoms with Crippen LogP contribution in [0, 0.1) is 11.8 Å². The van der Waals surface area contributed by atoms with E-state index in [1.54, 1.807) is 11.8 Å². The predicted octanol–water partition coefficient (Wildman–Crippen LogP) is 1.54. The van der Waals surface area contributed by atoms with Crippen LogP contribution in [0.5, 0.6) is 0 Å². The fourth-order valence-corrected chi connectivity index (χ4v) is 3.87. The molecule has 0 aromatic rings. The average Bonchev–Trinajstić information content (AvgIpc) is 2.44. The van der Waals surface area contributed by atoms with E-state index in [1.165, 1.54) is 0 Å². The molecule has 4 heteroatoms. The minimum absolute atomic E-state index is 0.109. The molecule has 14 heavy (non-hydrogen) atoms. The monoisotopic (exact) mass is 215 g/mol. The molecule has 2 fully saturated rings. The summed E-state index contributed by atoms with van der Waals surface area (Å²) in [6.45, 7) is 4.48. The number of hydrogen-bond acceptors (Lipinski definition) is 3. The van der Waals surface area contributed by atoms with Crippen molar-refractivity contribution in [3.8, 4) is 0 Å². The number of hydrogen-bond donors (Lipinski definition) is 2. The van der Waals surface area contributed by atoms with Crippen molar-refractivity contribution in [2.45, 2.75) is 37.6 Å².